The number of aromatic nitrogens is 1. The highest BCUT2D eigenvalue weighted by molar-refractivity contribution is 6.30. The van der Waals surface area contributed by atoms with E-state index in [2.05, 4.69) is 15.6 Å². The highest BCUT2D eigenvalue weighted by Crippen LogP contribution is 2.16. The topological polar surface area (TPSA) is 54.0 Å². The number of benzene rings is 1. The molecule has 0 aliphatic rings. The summed E-state index contributed by atoms with van der Waals surface area (Å²) in [6, 6.07) is 8.91. The number of pyridine rings is 1. The van der Waals surface area contributed by atoms with Gasteiger partial charge in [0.05, 0.1) is 5.02 Å². The molecule has 0 bridgehead atoms. The Morgan fingerprint density at radius 2 is 2.05 bits per heavy atom. The maximum Gasteiger partial charge on any atom is 0.257 e. The Balaban J connectivity index is 2.18. The Morgan fingerprint density at radius 1 is 1.26 bits per heavy atom. The molecule has 1 heterocycles. The molecule has 0 radical (unpaired) electrons. The van der Waals surface area contributed by atoms with E-state index in [0.29, 0.717) is 16.4 Å². The summed E-state index contributed by atoms with van der Waals surface area (Å²) in [5, 5.41) is 6.30. The van der Waals surface area contributed by atoms with Crippen LogP contribution in [0.1, 0.15) is 15.9 Å². The molecule has 0 aliphatic heterocycles. The first-order chi connectivity index (χ1) is 9.10. The fourth-order valence-corrected chi connectivity index (χ4v) is 1.82. The smallest absolute Gasteiger partial charge is 0.257 e. The van der Waals surface area contributed by atoms with Crippen LogP contribution in [0.3, 0.4) is 0 Å². The molecule has 0 fully saturated rings. The summed E-state index contributed by atoms with van der Waals surface area (Å²) in [6.07, 6.45) is 1.49. The summed E-state index contributed by atoms with van der Waals surface area (Å²) in [4.78, 5) is 16.1. The number of carbonyl (C=O) groups excluding carboxylic acids is 1. The van der Waals surface area contributed by atoms with Crippen molar-refractivity contribution in [2.75, 3.05) is 17.7 Å². The Morgan fingerprint density at radius 3 is 2.63 bits per heavy atom. The van der Waals surface area contributed by atoms with Crippen LogP contribution in [0.15, 0.2) is 36.5 Å². The number of anilines is 2. The number of halogens is 1. The van der Waals surface area contributed by atoms with Crippen LogP contribution >= 0.6 is 11.6 Å². The van der Waals surface area contributed by atoms with E-state index in [4.69, 9.17) is 11.6 Å². The van der Waals surface area contributed by atoms with Crippen molar-refractivity contribution in [1.82, 2.24) is 4.98 Å². The van der Waals surface area contributed by atoms with Crippen molar-refractivity contribution in [3.8, 4) is 0 Å². The van der Waals surface area contributed by atoms with Gasteiger partial charge in [-0.15, -0.1) is 0 Å². The SMILES string of the molecule is CNc1ccc(C(=O)Nc2ccc(Cl)cn2)c(C)c1. The quantitative estimate of drug-likeness (QED) is 0.903. The Labute approximate surface area is 116 Å². The van der Waals surface area contributed by atoms with Crippen LogP contribution < -0.4 is 10.6 Å². The van der Waals surface area contributed by atoms with Gasteiger partial charge in [-0.25, -0.2) is 4.98 Å². The second-order valence-corrected chi connectivity index (χ2v) is 4.53. The molecule has 2 aromatic rings. The number of amides is 1. The molecule has 1 aromatic heterocycles. The van der Waals surface area contributed by atoms with Gasteiger partial charge in [-0.1, -0.05) is 11.6 Å². The summed E-state index contributed by atoms with van der Waals surface area (Å²) in [5.74, 6) is 0.293. The molecule has 98 valence electrons. The third-order valence-corrected chi connectivity index (χ3v) is 2.95. The predicted octanol–water partition coefficient (Wildman–Crippen LogP) is 3.34. The molecule has 5 heteroatoms. The summed E-state index contributed by atoms with van der Waals surface area (Å²) in [7, 11) is 1.84. The van der Waals surface area contributed by atoms with Crippen LogP contribution in [0, 0.1) is 6.92 Å². The van der Waals surface area contributed by atoms with Crippen molar-refractivity contribution >= 4 is 29.0 Å². The number of aryl methyl sites for hydroxylation is 1. The van der Waals surface area contributed by atoms with Gasteiger partial charge >= 0.3 is 0 Å². The van der Waals surface area contributed by atoms with Crippen molar-refractivity contribution in [2.24, 2.45) is 0 Å². The summed E-state index contributed by atoms with van der Waals surface area (Å²) in [5.41, 5.74) is 2.49. The maximum absolute atomic E-state index is 12.1. The van der Waals surface area contributed by atoms with Gasteiger partial charge in [-0.05, 0) is 42.8 Å². The van der Waals surface area contributed by atoms with Crippen LogP contribution in [0.25, 0.3) is 0 Å². The van der Waals surface area contributed by atoms with Gasteiger partial charge in [0.1, 0.15) is 5.82 Å². The second-order valence-electron chi connectivity index (χ2n) is 4.10. The summed E-state index contributed by atoms with van der Waals surface area (Å²) in [6.45, 7) is 1.89. The Kier molecular flexibility index (Phi) is 4.02. The maximum atomic E-state index is 12.1. The molecule has 4 nitrogen and oxygen atoms in total. The van der Waals surface area contributed by atoms with Gasteiger partial charge in [-0.3, -0.25) is 4.79 Å². The van der Waals surface area contributed by atoms with Crippen molar-refractivity contribution in [1.29, 1.82) is 0 Å². The lowest BCUT2D eigenvalue weighted by Crippen LogP contribution is -2.14. The lowest BCUT2D eigenvalue weighted by molar-refractivity contribution is 0.102. The van der Waals surface area contributed by atoms with Crippen molar-refractivity contribution < 1.29 is 4.79 Å². The first-order valence-electron chi connectivity index (χ1n) is 5.81. The van der Waals surface area contributed by atoms with Crippen LogP contribution in [0.4, 0.5) is 11.5 Å². The number of nitrogens with one attached hydrogen (secondary N) is 2. The van der Waals surface area contributed by atoms with Gasteiger partial charge in [0, 0.05) is 24.5 Å². The average Bonchev–Trinajstić information content (AvgIpc) is 2.41. The highest BCUT2D eigenvalue weighted by Gasteiger charge is 2.10. The third kappa shape index (κ3) is 3.23. The molecule has 0 spiro atoms. The lowest BCUT2D eigenvalue weighted by atomic mass is 10.1. The van der Waals surface area contributed by atoms with E-state index in [0.717, 1.165) is 11.3 Å². The molecule has 0 unspecified atom stereocenters. The zero-order chi connectivity index (χ0) is 13.8. The number of hydrogen-bond acceptors (Lipinski definition) is 3. The Bertz CT molecular complexity index is 596. The van der Waals surface area contributed by atoms with E-state index in [1.165, 1.54) is 6.20 Å². The zero-order valence-electron chi connectivity index (χ0n) is 10.7. The predicted molar refractivity (Wildman–Crippen MR) is 77.9 cm³/mol. The molecule has 2 N–H and O–H groups in total. The average molecular weight is 276 g/mol. The minimum atomic E-state index is -0.185. The highest BCUT2D eigenvalue weighted by atomic mass is 35.5. The van der Waals surface area contributed by atoms with Crippen LogP contribution in [0.2, 0.25) is 5.02 Å². The van der Waals surface area contributed by atoms with Gasteiger partial charge in [0.25, 0.3) is 5.91 Å². The fourth-order valence-electron chi connectivity index (χ4n) is 1.71. The second kappa shape index (κ2) is 5.71. The number of rotatable bonds is 3. The Hall–Kier alpha value is -2.07. The third-order valence-electron chi connectivity index (χ3n) is 2.73. The fraction of sp³-hybridized carbons (Fsp3) is 0.143. The van der Waals surface area contributed by atoms with E-state index < -0.39 is 0 Å². The van der Waals surface area contributed by atoms with E-state index >= 15 is 0 Å². The standard InChI is InChI=1S/C14H14ClN3O/c1-9-7-11(16-2)4-5-12(9)14(19)18-13-6-3-10(15)8-17-13/h3-8,16H,1-2H3,(H,17,18,19). The van der Waals surface area contributed by atoms with Gasteiger partial charge in [0.2, 0.25) is 0 Å². The minimum absolute atomic E-state index is 0.185. The van der Waals surface area contributed by atoms with Gasteiger partial charge < -0.3 is 10.6 Å². The largest absolute Gasteiger partial charge is 0.388 e. The van der Waals surface area contributed by atoms with E-state index in [1.54, 1.807) is 18.2 Å². The minimum Gasteiger partial charge on any atom is -0.388 e. The first kappa shape index (κ1) is 13.4. The summed E-state index contributed by atoms with van der Waals surface area (Å²) < 4.78 is 0. The van der Waals surface area contributed by atoms with Crippen molar-refractivity contribution in [2.45, 2.75) is 6.92 Å². The van der Waals surface area contributed by atoms with Crippen LogP contribution in [0.5, 0.6) is 0 Å². The first-order valence-corrected chi connectivity index (χ1v) is 6.19. The zero-order valence-corrected chi connectivity index (χ0v) is 11.5. The number of nitrogens with zero attached hydrogens (tertiary/aromatic N) is 1. The summed E-state index contributed by atoms with van der Waals surface area (Å²) >= 11 is 5.74. The molecular weight excluding hydrogens is 262 g/mol. The monoisotopic (exact) mass is 275 g/mol. The molecule has 2 rings (SSSR count). The van der Waals surface area contributed by atoms with E-state index in [9.17, 15) is 4.79 Å². The molecule has 19 heavy (non-hydrogen) atoms. The molecule has 0 aliphatic carbocycles. The molecule has 0 saturated carbocycles. The van der Waals surface area contributed by atoms with Gasteiger partial charge in [0.15, 0.2) is 0 Å². The normalized spacial score (nSPS) is 10.1. The number of hydrogen-bond donors (Lipinski definition) is 2. The van der Waals surface area contributed by atoms with Crippen molar-refractivity contribution in [3.05, 3.63) is 52.7 Å². The molecule has 1 aromatic carbocycles. The van der Waals surface area contributed by atoms with Crippen LogP contribution in [-0.2, 0) is 0 Å². The lowest BCUT2D eigenvalue weighted by Gasteiger charge is -2.09. The molecule has 0 saturated heterocycles. The molecular formula is C14H14ClN3O. The number of carbonyl (C=O) groups is 1. The van der Waals surface area contributed by atoms with Crippen LogP contribution in [-0.4, -0.2) is 17.9 Å². The van der Waals surface area contributed by atoms with Crippen molar-refractivity contribution in [3.63, 3.8) is 0 Å². The van der Waals surface area contributed by atoms with E-state index in [-0.39, 0.29) is 5.91 Å². The van der Waals surface area contributed by atoms with Gasteiger partial charge in [-0.2, -0.15) is 0 Å². The molecule has 0 atom stereocenters. The molecule has 1 amide bonds. The van der Waals surface area contributed by atoms with E-state index in [1.807, 2.05) is 26.1 Å².